The van der Waals surface area contributed by atoms with Crippen molar-refractivity contribution < 1.29 is 0 Å². The van der Waals surface area contributed by atoms with Gasteiger partial charge in [-0.2, -0.15) is 0 Å². The summed E-state index contributed by atoms with van der Waals surface area (Å²) in [5, 5.41) is 2.69. The second-order valence-corrected chi connectivity index (χ2v) is 2.10. The number of hydrogen-bond donors (Lipinski definition) is 0. The molecule has 0 aliphatic heterocycles. The van der Waals surface area contributed by atoms with E-state index in [9.17, 15) is 0 Å². The SMILES string of the molecule is [CH2]CCCCC[C]=S. The van der Waals surface area contributed by atoms with E-state index in [1.807, 2.05) is 0 Å². The van der Waals surface area contributed by atoms with E-state index in [2.05, 4.69) is 24.5 Å². The summed E-state index contributed by atoms with van der Waals surface area (Å²) in [6, 6.07) is 0. The molecule has 0 aliphatic rings. The summed E-state index contributed by atoms with van der Waals surface area (Å²) >= 11 is 4.54. The van der Waals surface area contributed by atoms with Crippen LogP contribution in [0.25, 0.3) is 0 Å². The molecule has 0 saturated heterocycles. The molecule has 0 rings (SSSR count). The van der Waals surface area contributed by atoms with E-state index in [1.165, 1.54) is 19.3 Å². The second kappa shape index (κ2) is 7.09. The lowest BCUT2D eigenvalue weighted by Gasteiger charge is -1.90. The van der Waals surface area contributed by atoms with Crippen molar-refractivity contribution >= 4 is 17.6 Å². The minimum Gasteiger partial charge on any atom is -0.0837 e. The highest BCUT2D eigenvalue weighted by Crippen LogP contribution is 1.99. The Hall–Kier alpha value is 0.0900. The second-order valence-electron chi connectivity index (χ2n) is 1.81. The normalized spacial score (nSPS) is 9.12. The molecule has 0 atom stereocenters. The summed E-state index contributed by atoms with van der Waals surface area (Å²) in [4.78, 5) is 0. The predicted octanol–water partition coefficient (Wildman–Crippen LogP) is 2.65. The maximum Gasteiger partial charge on any atom is 0.0291 e. The molecule has 46 valence electrons. The number of thiocarbonyl (C=S) groups is 1. The molecule has 0 aromatic heterocycles. The first-order chi connectivity index (χ1) is 3.91. The maximum absolute atomic E-state index is 4.54. The van der Waals surface area contributed by atoms with Crippen LogP contribution < -0.4 is 0 Å². The Morgan fingerprint density at radius 2 is 2.00 bits per heavy atom. The number of unbranched alkanes of at least 4 members (excludes halogenated alkanes) is 4. The molecule has 0 amide bonds. The van der Waals surface area contributed by atoms with E-state index in [4.69, 9.17) is 0 Å². The summed E-state index contributed by atoms with van der Waals surface area (Å²) in [7, 11) is 0. The molecule has 1 heteroatoms. The minimum absolute atomic E-state index is 0.968. The maximum atomic E-state index is 4.54. The average Bonchev–Trinajstić information content (AvgIpc) is 1.81. The van der Waals surface area contributed by atoms with Crippen LogP contribution in [0.2, 0.25) is 0 Å². The smallest absolute Gasteiger partial charge is 0.0291 e. The van der Waals surface area contributed by atoms with Gasteiger partial charge in [0.25, 0.3) is 0 Å². The Bertz CT molecular complexity index is 50.3. The van der Waals surface area contributed by atoms with Crippen molar-refractivity contribution in [2.24, 2.45) is 0 Å². The van der Waals surface area contributed by atoms with E-state index in [0.717, 1.165) is 12.8 Å². The molecule has 0 bridgehead atoms. The van der Waals surface area contributed by atoms with Crippen molar-refractivity contribution in [3.05, 3.63) is 6.92 Å². The zero-order chi connectivity index (χ0) is 6.24. The van der Waals surface area contributed by atoms with Gasteiger partial charge in [0.05, 0.1) is 0 Å². The Morgan fingerprint density at radius 3 is 2.50 bits per heavy atom. The molecule has 0 saturated carbocycles. The highest BCUT2D eigenvalue weighted by atomic mass is 32.1. The van der Waals surface area contributed by atoms with Gasteiger partial charge < -0.3 is 0 Å². The fourth-order valence-electron chi connectivity index (χ4n) is 0.551. The zero-order valence-corrected chi connectivity index (χ0v) is 5.97. The molecule has 0 aromatic rings. The standard InChI is InChI=1S/C7H12S/c1-2-3-4-5-6-7-8/h1-6H2. The Balaban J connectivity index is 2.62. The van der Waals surface area contributed by atoms with Gasteiger partial charge in [-0.3, -0.25) is 0 Å². The molecule has 0 aromatic carbocycles. The third-order valence-electron chi connectivity index (χ3n) is 1.03. The molecule has 8 heavy (non-hydrogen) atoms. The fourth-order valence-corrected chi connectivity index (χ4v) is 0.695. The number of rotatable bonds is 5. The van der Waals surface area contributed by atoms with Gasteiger partial charge in [-0.25, -0.2) is 0 Å². The first kappa shape index (κ1) is 8.09. The Morgan fingerprint density at radius 1 is 1.25 bits per heavy atom. The molecule has 0 spiro atoms. The van der Waals surface area contributed by atoms with Gasteiger partial charge in [0.1, 0.15) is 0 Å². The van der Waals surface area contributed by atoms with Crippen LogP contribution in [0, 0.1) is 6.92 Å². The minimum atomic E-state index is 0.968. The molecule has 0 heterocycles. The molecule has 0 unspecified atom stereocenters. The summed E-state index contributed by atoms with van der Waals surface area (Å²) in [6.07, 6.45) is 5.70. The van der Waals surface area contributed by atoms with Gasteiger partial charge in [0, 0.05) is 5.37 Å². The molecular formula is C7H12S. The van der Waals surface area contributed by atoms with Gasteiger partial charge in [0.15, 0.2) is 0 Å². The van der Waals surface area contributed by atoms with Crippen LogP contribution in [0.15, 0.2) is 0 Å². The van der Waals surface area contributed by atoms with Crippen molar-refractivity contribution in [1.82, 2.24) is 0 Å². The van der Waals surface area contributed by atoms with Crippen LogP contribution in [0.4, 0.5) is 0 Å². The third-order valence-corrected chi connectivity index (χ3v) is 1.23. The summed E-state index contributed by atoms with van der Waals surface area (Å²) in [6.45, 7) is 3.74. The van der Waals surface area contributed by atoms with Crippen molar-refractivity contribution in [2.75, 3.05) is 0 Å². The van der Waals surface area contributed by atoms with E-state index >= 15 is 0 Å². The molecular weight excluding hydrogens is 116 g/mol. The molecule has 0 nitrogen and oxygen atoms in total. The molecule has 0 N–H and O–H groups in total. The molecule has 0 aliphatic carbocycles. The number of hydrogen-bond acceptors (Lipinski definition) is 1. The first-order valence-corrected chi connectivity index (χ1v) is 3.47. The lowest BCUT2D eigenvalue weighted by atomic mass is 10.2. The van der Waals surface area contributed by atoms with Gasteiger partial charge >= 0.3 is 0 Å². The van der Waals surface area contributed by atoms with E-state index in [-0.39, 0.29) is 0 Å². The fraction of sp³-hybridized carbons (Fsp3) is 0.714. The van der Waals surface area contributed by atoms with Crippen molar-refractivity contribution in [1.29, 1.82) is 0 Å². The summed E-state index contributed by atoms with van der Waals surface area (Å²) in [5.41, 5.74) is 0. The monoisotopic (exact) mass is 128 g/mol. The molecule has 2 radical (unpaired) electrons. The highest BCUT2D eigenvalue weighted by molar-refractivity contribution is 7.78. The van der Waals surface area contributed by atoms with Crippen LogP contribution in [-0.4, -0.2) is 5.37 Å². The third kappa shape index (κ3) is 6.09. The van der Waals surface area contributed by atoms with Crippen LogP contribution in [-0.2, 0) is 0 Å². The quantitative estimate of drug-likeness (QED) is 0.405. The van der Waals surface area contributed by atoms with Gasteiger partial charge in [0.2, 0.25) is 0 Å². The van der Waals surface area contributed by atoms with E-state index < -0.39 is 0 Å². The van der Waals surface area contributed by atoms with Crippen LogP contribution in [0.5, 0.6) is 0 Å². The topological polar surface area (TPSA) is 0 Å². The zero-order valence-electron chi connectivity index (χ0n) is 5.15. The lowest BCUT2D eigenvalue weighted by Crippen LogP contribution is -1.75. The van der Waals surface area contributed by atoms with Crippen LogP contribution in [0.1, 0.15) is 32.1 Å². The largest absolute Gasteiger partial charge is 0.0837 e. The van der Waals surface area contributed by atoms with Gasteiger partial charge in [-0.1, -0.05) is 38.4 Å². The van der Waals surface area contributed by atoms with Crippen molar-refractivity contribution in [3.63, 3.8) is 0 Å². The van der Waals surface area contributed by atoms with E-state index in [0.29, 0.717) is 0 Å². The average molecular weight is 128 g/mol. The van der Waals surface area contributed by atoms with Crippen LogP contribution >= 0.6 is 12.2 Å². The first-order valence-electron chi connectivity index (χ1n) is 3.06. The summed E-state index contributed by atoms with van der Waals surface area (Å²) < 4.78 is 0. The molecule has 0 fully saturated rings. The van der Waals surface area contributed by atoms with E-state index in [1.54, 1.807) is 0 Å². The predicted molar refractivity (Wildman–Crippen MR) is 41.0 cm³/mol. The van der Waals surface area contributed by atoms with Crippen molar-refractivity contribution in [3.8, 4) is 0 Å². The van der Waals surface area contributed by atoms with Crippen molar-refractivity contribution in [2.45, 2.75) is 32.1 Å². The Kier molecular flexibility index (Phi) is 7.17. The lowest BCUT2D eigenvalue weighted by molar-refractivity contribution is 0.710. The van der Waals surface area contributed by atoms with Gasteiger partial charge in [-0.15, -0.1) is 0 Å². The Labute approximate surface area is 57.3 Å². The highest BCUT2D eigenvalue weighted by Gasteiger charge is 1.82. The van der Waals surface area contributed by atoms with Crippen LogP contribution in [0.3, 0.4) is 0 Å². The summed E-state index contributed by atoms with van der Waals surface area (Å²) in [5.74, 6) is 0. The van der Waals surface area contributed by atoms with Gasteiger partial charge in [-0.05, 0) is 12.8 Å².